The van der Waals surface area contributed by atoms with Crippen molar-refractivity contribution in [2.24, 2.45) is 0 Å². The van der Waals surface area contributed by atoms with Crippen LogP contribution in [0.2, 0.25) is 0 Å². The molecule has 0 aliphatic rings. The molecule has 0 bridgehead atoms. The van der Waals surface area contributed by atoms with Crippen LogP contribution in [0.15, 0.2) is 0 Å². The molecule has 0 aliphatic heterocycles. The van der Waals surface area contributed by atoms with Gasteiger partial charge in [-0.2, -0.15) is 0 Å². The Kier molecular flexibility index (Phi) is 5.72. The summed E-state index contributed by atoms with van der Waals surface area (Å²) in [6.45, 7) is 8.31. The zero-order valence-corrected chi connectivity index (χ0v) is 9.46. The lowest BCUT2D eigenvalue weighted by molar-refractivity contribution is -0.147. The first-order valence-electron chi connectivity index (χ1n) is 5.02. The smallest absolute Gasteiger partial charge is 0.326 e. The van der Waals surface area contributed by atoms with E-state index < -0.39 is 11.5 Å². The maximum absolute atomic E-state index is 11.0. The molecule has 14 heavy (non-hydrogen) atoms. The van der Waals surface area contributed by atoms with Crippen LogP contribution in [-0.2, 0) is 9.53 Å². The monoisotopic (exact) mass is 203 g/mol. The second-order valence-electron chi connectivity index (χ2n) is 3.92. The van der Waals surface area contributed by atoms with Crippen molar-refractivity contribution in [2.45, 2.75) is 45.8 Å². The average molecular weight is 203 g/mol. The van der Waals surface area contributed by atoms with E-state index in [1.807, 2.05) is 20.8 Å². The number of aliphatic carboxylic acids is 1. The fraction of sp³-hybridized carbons (Fsp3) is 0.900. The molecule has 0 aromatic carbocycles. The molecule has 0 fully saturated rings. The van der Waals surface area contributed by atoms with Gasteiger partial charge in [0, 0.05) is 0 Å². The molecular formula is C10H21NO3. The van der Waals surface area contributed by atoms with E-state index in [0.29, 0.717) is 6.54 Å². The third-order valence-electron chi connectivity index (χ3n) is 1.94. The Morgan fingerprint density at radius 3 is 2.50 bits per heavy atom. The van der Waals surface area contributed by atoms with Gasteiger partial charge in [-0.1, -0.05) is 6.92 Å². The molecule has 4 nitrogen and oxygen atoms in total. The Hall–Kier alpha value is -0.610. The zero-order valence-electron chi connectivity index (χ0n) is 9.46. The second-order valence-corrected chi connectivity index (χ2v) is 3.92. The number of nitrogens with one attached hydrogen (secondary N) is 1. The minimum atomic E-state index is -0.972. The Bertz CT molecular complexity index is 182. The minimum absolute atomic E-state index is 0.0529. The predicted octanol–water partition coefficient (Wildman–Crippen LogP) is 1.25. The van der Waals surface area contributed by atoms with Gasteiger partial charge in [-0.3, -0.25) is 4.79 Å². The van der Waals surface area contributed by atoms with Gasteiger partial charge in [0.15, 0.2) is 0 Å². The van der Waals surface area contributed by atoms with E-state index in [1.54, 1.807) is 6.92 Å². The van der Waals surface area contributed by atoms with Gasteiger partial charge in [-0.25, -0.2) is 0 Å². The van der Waals surface area contributed by atoms with E-state index in [-0.39, 0.29) is 12.7 Å². The van der Waals surface area contributed by atoms with Crippen LogP contribution in [0.5, 0.6) is 0 Å². The van der Waals surface area contributed by atoms with Crippen molar-refractivity contribution in [3.05, 3.63) is 0 Å². The van der Waals surface area contributed by atoms with Gasteiger partial charge in [0.25, 0.3) is 0 Å². The summed E-state index contributed by atoms with van der Waals surface area (Å²) in [5, 5.41) is 12.0. The van der Waals surface area contributed by atoms with Gasteiger partial charge in [-0.05, 0) is 33.7 Å². The van der Waals surface area contributed by atoms with Crippen molar-refractivity contribution < 1.29 is 14.6 Å². The largest absolute Gasteiger partial charge is 0.480 e. The van der Waals surface area contributed by atoms with Gasteiger partial charge in [0.2, 0.25) is 0 Å². The molecule has 1 atom stereocenters. The molecule has 0 saturated carbocycles. The van der Waals surface area contributed by atoms with Crippen LogP contribution in [0.25, 0.3) is 0 Å². The third kappa shape index (κ3) is 4.58. The summed E-state index contributed by atoms with van der Waals surface area (Å²) in [5.41, 5.74) is -0.972. The molecule has 0 saturated heterocycles. The summed E-state index contributed by atoms with van der Waals surface area (Å²) >= 11 is 0. The van der Waals surface area contributed by atoms with Crippen molar-refractivity contribution in [3.63, 3.8) is 0 Å². The number of carboxylic acids is 1. The van der Waals surface area contributed by atoms with Crippen molar-refractivity contribution in [1.82, 2.24) is 5.32 Å². The van der Waals surface area contributed by atoms with Gasteiger partial charge >= 0.3 is 5.97 Å². The number of rotatable bonds is 7. The normalized spacial score (nSPS) is 15.5. The minimum Gasteiger partial charge on any atom is -0.480 e. The Balaban J connectivity index is 4.17. The van der Waals surface area contributed by atoms with Crippen LogP contribution in [-0.4, -0.2) is 35.9 Å². The molecule has 0 radical (unpaired) electrons. The molecule has 0 aromatic heterocycles. The molecule has 1 unspecified atom stereocenters. The fourth-order valence-corrected chi connectivity index (χ4v) is 0.923. The molecule has 0 amide bonds. The van der Waals surface area contributed by atoms with E-state index in [1.165, 1.54) is 0 Å². The summed E-state index contributed by atoms with van der Waals surface area (Å²) in [7, 11) is 0. The van der Waals surface area contributed by atoms with Gasteiger partial charge < -0.3 is 15.2 Å². The number of hydrogen-bond donors (Lipinski definition) is 2. The fourth-order valence-electron chi connectivity index (χ4n) is 0.923. The van der Waals surface area contributed by atoms with Gasteiger partial charge in [0.05, 0.1) is 12.7 Å². The molecule has 0 heterocycles. The summed E-state index contributed by atoms with van der Waals surface area (Å²) in [5.74, 6) is -0.869. The van der Waals surface area contributed by atoms with E-state index >= 15 is 0 Å². The third-order valence-corrected chi connectivity index (χ3v) is 1.94. The van der Waals surface area contributed by atoms with Crippen LogP contribution in [0, 0.1) is 0 Å². The highest BCUT2D eigenvalue weighted by Crippen LogP contribution is 2.06. The lowest BCUT2D eigenvalue weighted by Crippen LogP contribution is -2.53. The van der Waals surface area contributed by atoms with Crippen LogP contribution in [0.1, 0.15) is 34.1 Å². The number of carbonyl (C=O) groups is 1. The second kappa shape index (κ2) is 5.98. The SMILES string of the molecule is CCCNC(C)(COC(C)C)C(=O)O. The van der Waals surface area contributed by atoms with E-state index in [9.17, 15) is 4.79 Å². The van der Waals surface area contributed by atoms with Crippen LogP contribution >= 0.6 is 0 Å². The van der Waals surface area contributed by atoms with Crippen molar-refractivity contribution >= 4 is 5.97 Å². The van der Waals surface area contributed by atoms with Crippen LogP contribution in [0.3, 0.4) is 0 Å². The van der Waals surface area contributed by atoms with E-state index in [0.717, 1.165) is 6.42 Å². The summed E-state index contributed by atoms with van der Waals surface area (Å²) < 4.78 is 5.32. The predicted molar refractivity (Wildman–Crippen MR) is 55.4 cm³/mol. The Morgan fingerprint density at radius 2 is 2.14 bits per heavy atom. The lowest BCUT2D eigenvalue weighted by Gasteiger charge is -2.26. The molecule has 4 heteroatoms. The van der Waals surface area contributed by atoms with Crippen molar-refractivity contribution in [3.8, 4) is 0 Å². The quantitative estimate of drug-likeness (QED) is 0.654. The molecule has 0 aliphatic carbocycles. The number of hydrogen-bond acceptors (Lipinski definition) is 3. The first-order valence-corrected chi connectivity index (χ1v) is 5.02. The molecule has 2 N–H and O–H groups in total. The zero-order chi connectivity index (χ0) is 11.2. The van der Waals surface area contributed by atoms with Crippen molar-refractivity contribution in [1.29, 1.82) is 0 Å². The standard InChI is InChI=1S/C10H21NO3/c1-5-6-11-10(4,9(12)13)7-14-8(2)3/h8,11H,5-7H2,1-4H3,(H,12,13). The number of ether oxygens (including phenoxy) is 1. The Morgan fingerprint density at radius 1 is 1.57 bits per heavy atom. The maximum atomic E-state index is 11.0. The molecular weight excluding hydrogens is 182 g/mol. The molecule has 0 aromatic rings. The maximum Gasteiger partial charge on any atom is 0.326 e. The first kappa shape index (κ1) is 13.4. The highest BCUT2D eigenvalue weighted by molar-refractivity contribution is 5.78. The Labute approximate surface area is 85.6 Å². The molecule has 0 spiro atoms. The number of carboxylic acid groups (broad SMARTS) is 1. The average Bonchev–Trinajstić information content (AvgIpc) is 2.11. The summed E-state index contributed by atoms with van der Waals surface area (Å²) in [6, 6.07) is 0. The highest BCUT2D eigenvalue weighted by Gasteiger charge is 2.32. The van der Waals surface area contributed by atoms with Crippen molar-refractivity contribution in [2.75, 3.05) is 13.2 Å². The molecule has 0 rings (SSSR count). The highest BCUT2D eigenvalue weighted by atomic mass is 16.5. The van der Waals surface area contributed by atoms with E-state index in [2.05, 4.69) is 5.32 Å². The van der Waals surface area contributed by atoms with E-state index in [4.69, 9.17) is 9.84 Å². The lowest BCUT2D eigenvalue weighted by atomic mass is 10.0. The van der Waals surface area contributed by atoms with Crippen LogP contribution < -0.4 is 5.32 Å². The summed E-state index contributed by atoms with van der Waals surface area (Å²) in [6.07, 6.45) is 0.960. The molecule has 84 valence electrons. The van der Waals surface area contributed by atoms with Gasteiger partial charge in [0.1, 0.15) is 5.54 Å². The first-order chi connectivity index (χ1) is 6.42. The summed E-state index contributed by atoms with van der Waals surface area (Å²) in [4.78, 5) is 11.0. The van der Waals surface area contributed by atoms with Gasteiger partial charge in [-0.15, -0.1) is 0 Å². The van der Waals surface area contributed by atoms with Crippen LogP contribution in [0.4, 0.5) is 0 Å². The topological polar surface area (TPSA) is 58.6 Å².